The molecule has 0 N–H and O–H groups in total. The number of fused-ring (bicyclic) bond motifs is 4. The van der Waals surface area contributed by atoms with E-state index in [9.17, 15) is 0 Å². The molecule has 1 nitrogen and oxygen atoms in total. The van der Waals surface area contributed by atoms with E-state index >= 15 is 0 Å². The van der Waals surface area contributed by atoms with Crippen molar-refractivity contribution in [3.63, 3.8) is 0 Å². The van der Waals surface area contributed by atoms with Gasteiger partial charge in [-0.15, -0.1) is 11.3 Å². The van der Waals surface area contributed by atoms with Crippen molar-refractivity contribution in [1.29, 1.82) is 0 Å². The molecule has 1 unspecified atom stereocenters. The summed E-state index contributed by atoms with van der Waals surface area (Å²) < 4.78 is 1.31. The SMILES string of the molecule is c1ccc2c(c1)CCCC2c1cc2ccc3scccc3c2n1. The van der Waals surface area contributed by atoms with Gasteiger partial charge in [0, 0.05) is 27.1 Å². The Morgan fingerprint density at radius 2 is 1.96 bits per heavy atom. The molecule has 0 aliphatic heterocycles. The van der Waals surface area contributed by atoms with E-state index < -0.39 is 0 Å². The van der Waals surface area contributed by atoms with E-state index in [-0.39, 0.29) is 0 Å². The lowest BCUT2D eigenvalue weighted by atomic mass is 9.81. The van der Waals surface area contributed by atoms with Crippen LogP contribution in [0.25, 0.3) is 21.0 Å². The van der Waals surface area contributed by atoms with E-state index in [0.717, 1.165) is 5.52 Å². The topological polar surface area (TPSA) is 12.9 Å². The first-order chi connectivity index (χ1) is 11.4. The molecule has 0 saturated carbocycles. The van der Waals surface area contributed by atoms with Crippen LogP contribution in [0.3, 0.4) is 0 Å². The second kappa shape index (κ2) is 5.17. The zero-order chi connectivity index (χ0) is 15.2. The van der Waals surface area contributed by atoms with Gasteiger partial charge in [0.25, 0.3) is 0 Å². The standard InChI is InChI=1S/C21H17NS/c1-2-7-16-14(5-1)6-3-8-17(16)19-13-15-10-11-20-18(21(15)22-19)9-4-12-23-20/h1-2,4-5,7,9-13,17H,3,6,8H2. The average Bonchev–Trinajstić information content (AvgIpc) is 3.06. The molecule has 1 aliphatic rings. The van der Waals surface area contributed by atoms with E-state index in [0.29, 0.717) is 5.92 Å². The number of hydrogen-bond acceptors (Lipinski definition) is 2. The number of nitrogens with zero attached hydrogens (tertiary/aromatic N) is 1. The van der Waals surface area contributed by atoms with Crippen molar-refractivity contribution in [1.82, 2.24) is 4.98 Å². The highest BCUT2D eigenvalue weighted by Crippen LogP contribution is 2.38. The summed E-state index contributed by atoms with van der Waals surface area (Å²) in [4.78, 5) is 5.07. The van der Waals surface area contributed by atoms with Gasteiger partial charge in [-0.25, -0.2) is 0 Å². The van der Waals surface area contributed by atoms with Gasteiger partial charge in [0.2, 0.25) is 0 Å². The fourth-order valence-electron chi connectivity index (χ4n) is 3.92. The first-order valence-corrected chi connectivity index (χ1v) is 9.13. The van der Waals surface area contributed by atoms with Gasteiger partial charge in [-0.05, 0) is 47.9 Å². The fraction of sp³-hybridized carbons (Fsp3) is 0.190. The molecule has 2 heteroatoms. The van der Waals surface area contributed by atoms with Crippen LogP contribution >= 0.6 is 11.3 Å². The minimum Gasteiger partial charge on any atom is -0.251 e. The molecule has 112 valence electrons. The molecule has 0 amide bonds. The average molecular weight is 315 g/mol. The first kappa shape index (κ1) is 13.3. The first-order valence-electron chi connectivity index (χ1n) is 8.25. The summed E-state index contributed by atoms with van der Waals surface area (Å²) in [5.41, 5.74) is 5.39. The molecular formula is C21H17NS. The highest BCUT2D eigenvalue weighted by atomic mass is 32.1. The van der Waals surface area contributed by atoms with Gasteiger partial charge in [0.1, 0.15) is 0 Å². The molecule has 1 aliphatic carbocycles. The van der Waals surface area contributed by atoms with Crippen LogP contribution in [0.15, 0.2) is 60.0 Å². The predicted molar refractivity (Wildman–Crippen MR) is 98.3 cm³/mol. The molecule has 2 aromatic carbocycles. The summed E-state index contributed by atoms with van der Waals surface area (Å²) >= 11 is 1.79. The summed E-state index contributed by atoms with van der Waals surface area (Å²) in [5.74, 6) is 0.454. The molecule has 2 aromatic heterocycles. The van der Waals surface area contributed by atoms with Crippen molar-refractivity contribution in [2.45, 2.75) is 25.2 Å². The van der Waals surface area contributed by atoms with Crippen molar-refractivity contribution in [2.75, 3.05) is 0 Å². The lowest BCUT2D eigenvalue weighted by Gasteiger charge is -2.24. The third-order valence-corrected chi connectivity index (χ3v) is 5.92. The van der Waals surface area contributed by atoms with Crippen LogP contribution in [0.4, 0.5) is 0 Å². The molecule has 0 radical (unpaired) electrons. The number of aromatic nitrogens is 1. The Morgan fingerprint density at radius 1 is 1.00 bits per heavy atom. The van der Waals surface area contributed by atoms with Crippen molar-refractivity contribution in [3.8, 4) is 0 Å². The molecule has 5 rings (SSSR count). The number of aryl methyl sites for hydroxylation is 1. The third kappa shape index (κ3) is 2.09. The zero-order valence-corrected chi connectivity index (χ0v) is 13.6. The van der Waals surface area contributed by atoms with E-state index in [1.54, 1.807) is 11.3 Å². The molecule has 0 spiro atoms. The Morgan fingerprint density at radius 3 is 2.96 bits per heavy atom. The fourth-order valence-corrected chi connectivity index (χ4v) is 4.66. The number of rotatable bonds is 1. The molecule has 0 fully saturated rings. The Hall–Kier alpha value is -2.19. The maximum atomic E-state index is 5.07. The maximum Gasteiger partial charge on any atom is 0.0792 e. The van der Waals surface area contributed by atoms with E-state index in [1.165, 1.54) is 51.6 Å². The molecule has 4 aromatic rings. The Bertz CT molecular complexity index is 1010. The summed E-state index contributed by atoms with van der Waals surface area (Å²) in [7, 11) is 0. The minimum absolute atomic E-state index is 0.454. The van der Waals surface area contributed by atoms with Gasteiger partial charge in [-0.3, -0.25) is 4.98 Å². The van der Waals surface area contributed by atoms with Gasteiger partial charge >= 0.3 is 0 Å². The number of benzene rings is 2. The summed E-state index contributed by atoms with van der Waals surface area (Å²) in [5, 5.41) is 4.69. The second-order valence-electron chi connectivity index (χ2n) is 6.35. The monoisotopic (exact) mass is 315 g/mol. The van der Waals surface area contributed by atoms with Gasteiger partial charge < -0.3 is 0 Å². The smallest absolute Gasteiger partial charge is 0.0792 e. The van der Waals surface area contributed by atoms with Crippen molar-refractivity contribution in [2.24, 2.45) is 0 Å². The number of hydrogen-bond donors (Lipinski definition) is 0. The van der Waals surface area contributed by atoms with Crippen LogP contribution in [-0.4, -0.2) is 4.98 Å². The zero-order valence-electron chi connectivity index (χ0n) is 12.8. The lowest BCUT2D eigenvalue weighted by Crippen LogP contribution is -2.11. The molecule has 1 atom stereocenters. The largest absolute Gasteiger partial charge is 0.251 e. The van der Waals surface area contributed by atoms with E-state index in [4.69, 9.17) is 4.98 Å². The van der Waals surface area contributed by atoms with E-state index in [1.807, 2.05) is 0 Å². The van der Waals surface area contributed by atoms with Crippen LogP contribution in [0.5, 0.6) is 0 Å². The van der Waals surface area contributed by atoms with Crippen molar-refractivity contribution >= 4 is 32.3 Å². The summed E-state index contributed by atoms with van der Waals surface area (Å²) in [6.45, 7) is 0. The van der Waals surface area contributed by atoms with Crippen molar-refractivity contribution < 1.29 is 0 Å². The summed E-state index contributed by atoms with van der Waals surface area (Å²) in [6, 6.07) is 20.0. The van der Waals surface area contributed by atoms with Crippen LogP contribution in [0.1, 0.15) is 35.6 Å². The normalized spacial score (nSPS) is 17.5. The van der Waals surface area contributed by atoms with Gasteiger partial charge in [0.05, 0.1) is 5.52 Å². The maximum absolute atomic E-state index is 5.07. The molecule has 2 heterocycles. The lowest BCUT2D eigenvalue weighted by molar-refractivity contribution is 0.607. The van der Waals surface area contributed by atoms with Crippen LogP contribution in [0.2, 0.25) is 0 Å². The Balaban J connectivity index is 1.71. The van der Waals surface area contributed by atoms with Gasteiger partial charge in [-0.1, -0.05) is 42.5 Å². The summed E-state index contributed by atoms with van der Waals surface area (Å²) in [6.07, 6.45) is 3.67. The van der Waals surface area contributed by atoms with Gasteiger partial charge in [0.15, 0.2) is 0 Å². The minimum atomic E-state index is 0.454. The van der Waals surface area contributed by atoms with E-state index in [2.05, 4.69) is 60.0 Å². The molecule has 0 saturated heterocycles. The quantitative estimate of drug-likeness (QED) is 0.425. The predicted octanol–water partition coefficient (Wildman–Crippen LogP) is 5.92. The van der Waals surface area contributed by atoms with Gasteiger partial charge in [-0.2, -0.15) is 0 Å². The van der Waals surface area contributed by atoms with Crippen LogP contribution in [-0.2, 0) is 6.42 Å². The Kier molecular flexibility index (Phi) is 2.98. The third-order valence-electron chi connectivity index (χ3n) is 5.02. The molecular weight excluding hydrogens is 298 g/mol. The molecule has 0 bridgehead atoms. The molecule has 23 heavy (non-hydrogen) atoms. The Labute approximate surface area is 139 Å². The highest BCUT2D eigenvalue weighted by molar-refractivity contribution is 7.16. The van der Waals surface area contributed by atoms with Crippen LogP contribution in [0, 0.1) is 0 Å². The highest BCUT2D eigenvalue weighted by Gasteiger charge is 2.23. The second-order valence-corrected chi connectivity index (χ2v) is 7.30. The van der Waals surface area contributed by atoms with Crippen molar-refractivity contribution in [3.05, 3.63) is 76.8 Å². The van der Waals surface area contributed by atoms with Crippen LogP contribution < -0.4 is 0 Å².